The van der Waals surface area contributed by atoms with Crippen molar-refractivity contribution in [1.29, 1.82) is 0 Å². The van der Waals surface area contributed by atoms with Crippen LogP contribution < -0.4 is 0 Å². The number of rotatable bonds is 7. The Hall–Kier alpha value is -3.84. The van der Waals surface area contributed by atoms with Crippen LogP contribution in [0.3, 0.4) is 0 Å². The van der Waals surface area contributed by atoms with Gasteiger partial charge in [0.15, 0.2) is 0 Å². The Morgan fingerprint density at radius 3 is 1.52 bits per heavy atom. The van der Waals surface area contributed by atoms with E-state index >= 15 is 0 Å². The fourth-order valence-corrected chi connectivity index (χ4v) is 6.18. The van der Waals surface area contributed by atoms with Crippen molar-refractivity contribution in [2.24, 2.45) is 9.98 Å². The second kappa shape index (κ2) is 14.3. The predicted octanol–water partition coefficient (Wildman–Crippen LogP) is 3.60. The number of ether oxygens (including phenoxy) is 3. The van der Waals surface area contributed by atoms with Gasteiger partial charge >= 0.3 is 11.9 Å². The Kier molecular flexibility index (Phi) is 10.4. The third-order valence-corrected chi connectivity index (χ3v) is 8.75. The Bertz CT molecular complexity index is 1530. The Labute approximate surface area is 275 Å². The van der Waals surface area contributed by atoms with Crippen molar-refractivity contribution in [1.82, 2.24) is 9.80 Å². The molecule has 0 saturated carbocycles. The largest absolute Gasteiger partial charge is 0.480 e. The number of benzene rings is 2. The highest BCUT2D eigenvalue weighted by atomic mass is 35.5. The Balaban J connectivity index is 0.000000182. The third-order valence-electron chi connectivity index (χ3n) is 8.25. The molecule has 2 aromatic rings. The molecule has 0 radical (unpaired) electrons. The molecule has 2 amide bonds. The first-order valence-electron chi connectivity index (χ1n) is 15.0. The molecule has 12 nitrogen and oxygen atoms in total. The van der Waals surface area contributed by atoms with Crippen LogP contribution in [0.1, 0.15) is 43.7 Å². The van der Waals surface area contributed by atoms with Gasteiger partial charge < -0.3 is 29.1 Å². The monoisotopic (exact) mass is 672 g/mol. The smallest absolute Gasteiger partial charge is 0.325 e. The summed E-state index contributed by atoms with van der Waals surface area (Å²) in [7, 11) is 0. The molecule has 0 aliphatic carbocycles. The van der Waals surface area contributed by atoms with Gasteiger partial charge in [-0.2, -0.15) is 0 Å². The number of amides is 2. The van der Waals surface area contributed by atoms with Crippen LogP contribution in [0.15, 0.2) is 58.5 Å². The summed E-state index contributed by atoms with van der Waals surface area (Å²) in [5.41, 5.74) is 0.465. The van der Waals surface area contributed by atoms with E-state index < -0.39 is 23.3 Å². The van der Waals surface area contributed by atoms with Gasteiger partial charge in [-0.15, -0.1) is 0 Å². The summed E-state index contributed by atoms with van der Waals surface area (Å²) in [5.74, 6) is -2.09. The second-order valence-electron chi connectivity index (χ2n) is 11.1. The molecule has 0 unspecified atom stereocenters. The lowest BCUT2D eigenvalue weighted by molar-refractivity contribution is -0.151. The summed E-state index contributed by atoms with van der Waals surface area (Å²) in [6, 6.07) is 13.8. The number of aliphatic imine (C=N–C) groups is 2. The first kappa shape index (κ1) is 33.5. The van der Waals surface area contributed by atoms with Gasteiger partial charge in [0.1, 0.15) is 35.8 Å². The van der Waals surface area contributed by atoms with Crippen LogP contribution >= 0.6 is 23.2 Å². The lowest BCUT2D eigenvalue weighted by Gasteiger charge is -2.38. The van der Waals surface area contributed by atoms with Gasteiger partial charge in [-0.05, 0) is 31.2 Å². The average Bonchev–Trinajstić information content (AvgIpc) is 3.44. The standard InChI is InChI=1S/C17H19ClN2O4.C15H15ClN2O4/c1-2-24-14(21)11-20-16(22)15(12-3-5-13(18)6-4-12)19-17(20)7-9-23-10-8-17;16-11-3-1-10(2-4-11)13-14(21)18(9-12(19)20)15(17-13)5-7-22-8-6-15/h3-6H,2,7-11H2,1H3;1-4H,5-9H2,(H,19,20). The number of carbonyl (C=O) groups is 4. The molecular weight excluding hydrogens is 639 g/mol. The summed E-state index contributed by atoms with van der Waals surface area (Å²) in [6.07, 6.45) is 2.14. The molecule has 4 heterocycles. The van der Waals surface area contributed by atoms with Crippen molar-refractivity contribution in [3.63, 3.8) is 0 Å². The molecule has 4 aliphatic rings. The number of carboxylic acids is 1. The summed E-state index contributed by atoms with van der Waals surface area (Å²) in [4.78, 5) is 60.8. The molecule has 4 aliphatic heterocycles. The highest BCUT2D eigenvalue weighted by Crippen LogP contribution is 2.37. The number of hydrogen-bond acceptors (Lipinski definition) is 9. The Morgan fingerprint density at radius 1 is 0.761 bits per heavy atom. The lowest BCUT2D eigenvalue weighted by Crippen LogP contribution is -2.52. The molecule has 0 atom stereocenters. The number of aliphatic carboxylic acids is 1. The fraction of sp³-hybridized carbons (Fsp3) is 0.438. The first-order valence-corrected chi connectivity index (χ1v) is 15.7. The van der Waals surface area contributed by atoms with E-state index in [9.17, 15) is 19.2 Å². The van der Waals surface area contributed by atoms with Crippen molar-refractivity contribution in [2.75, 3.05) is 46.1 Å². The molecular formula is C32H34Cl2N4O8. The van der Waals surface area contributed by atoms with E-state index in [4.69, 9.17) is 47.5 Å². The van der Waals surface area contributed by atoms with Crippen molar-refractivity contribution >= 4 is 58.4 Å². The highest BCUT2D eigenvalue weighted by Gasteiger charge is 2.50. The van der Waals surface area contributed by atoms with Crippen molar-refractivity contribution in [3.05, 3.63) is 69.7 Å². The molecule has 14 heteroatoms. The molecule has 2 aromatic carbocycles. The molecule has 2 spiro atoms. The average molecular weight is 674 g/mol. The minimum absolute atomic E-state index is 0.104. The number of carboxylic acid groups (broad SMARTS) is 1. The van der Waals surface area contributed by atoms with Gasteiger partial charge in [0.05, 0.1) is 33.0 Å². The van der Waals surface area contributed by atoms with Crippen LogP contribution in [0, 0.1) is 0 Å². The van der Waals surface area contributed by atoms with Gasteiger partial charge in [-0.1, -0.05) is 47.5 Å². The quantitative estimate of drug-likeness (QED) is 0.439. The van der Waals surface area contributed by atoms with E-state index in [0.29, 0.717) is 84.7 Å². The highest BCUT2D eigenvalue weighted by molar-refractivity contribution is 6.47. The van der Waals surface area contributed by atoms with Crippen molar-refractivity contribution in [3.8, 4) is 0 Å². The number of halogens is 2. The molecule has 6 rings (SSSR count). The second-order valence-corrected chi connectivity index (χ2v) is 12.0. The lowest BCUT2D eigenvalue weighted by atomic mass is 10.00. The van der Waals surface area contributed by atoms with E-state index in [0.717, 1.165) is 0 Å². The van der Waals surface area contributed by atoms with Crippen LogP contribution in [-0.4, -0.2) is 108 Å². The molecule has 46 heavy (non-hydrogen) atoms. The summed E-state index contributed by atoms with van der Waals surface area (Å²) in [6.45, 7) is 3.48. The molecule has 0 bridgehead atoms. The Morgan fingerprint density at radius 2 is 1.15 bits per heavy atom. The summed E-state index contributed by atoms with van der Waals surface area (Å²) in [5, 5.41) is 10.3. The van der Waals surface area contributed by atoms with Gasteiger partial charge in [0.2, 0.25) is 0 Å². The number of esters is 1. The maximum atomic E-state index is 12.9. The minimum atomic E-state index is -1.05. The van der Waals surface area contributed by atoms with Crippen LogP contribution in [0.5, 0.6) is 0 Å². The van der Waals surface area contributed by atoms with E-state index in [1.54, 1.807) is 55.5 Å². The van der Waals surface area contributed by atoms with Crippen LogP contribution in [0.25, 0.3) is 0 Å². The topological polar surface area (TPSA) is 147 Å². The van der Waals surface area contributed by atoms with Crippen LogP contribution in [-0.2, 0) is 33.4 Å². The predicted molar refractivity (Wildman–Crippen MR) is 169 cm³/mol. The first-order chi connectivity index (χ1) is 22.1. The SMILES string of the molecule is CCOC(=O)CN1C(=O)C(c2ccc(Cl)cc2)=NC12CCOCC2.O=C(O)CN1C(=O)C(c2ccc(Cl)cc2)=NC12CCOCC2. The minimum Gasteiger partial charge on any atom is -0.480 e. The van der Waals surface area contributed by atoms with Crippen molar-refractivity contribution in [2.45, 2.75) is 43.9 Å². The maximum absolute atomic E-state index is 12.9. The molecule has 2 saturated heterocycles. The van der Waals surface area contributed by atoms with E-state index in [1.807, 2.05) is 0 Å². The van der Waals surface area contributed by atoms with Crippen LogP contribution in [0.4, 0.5) is 0 Å². The van der Waals surface area contributed by atoms with Crippen molar-refractivity contribution < 1.29 is 38.5 Å². The normalized spacial score (nSPS) is 19.9. The van der Waals surface area contributed by atoms with Gasteiger partial charge in [-0.3, -0.25) is 29.2 Å². The zero-order valence-electron chi connectivity index (χ0n) is 25.2. The van der Waals surface area contributed by atoms with E-state index in [2.05, 4.69) is 4.99 Å². The summed E-state index contributed by atoms with van der Waals surface area (Å²) < 4.78 is 15.7. The van der Waals surface area contributed by atoms with Crippen LogP contribution in [0.2, 0.25) is 10.0 Å². The number of carbonyl (C=O) groups excluding carboxylic acids is 3. The van der Waals surface area contributed by atoms with Gasteiger partial charge in [-0.25, -0.2) is 0 Å². The molecule has 1 N–H and O–H groups in total. The fourth-order valence-electron chi connectivity index (χ4n) is 5.93. The molecule has 0 aromatic heterocycles. The molecule has 244 valence electrons. The van der Waals surface area contributed by atoms with E-state index in [1.165, 1.54) is 9.80 Å². The third kappa shape index (κ3) is 7.10. The summed E-state index contributed by atoms with van der Waals surface area (Å²) >= 11 is 11.8. The number of hydrogen-bond donors (Lipinski definition) is 1. The zero-order valence-corrected chi connectivity index (χ0v) is 26.8. The van der Waals surface area contributed by atoms with Gasteiger partial charge in [0.25, 0.3) is 11.8 Å². The van der Waals surface area contributed by atoms with Gasteiger partial charge in [0, 0.05) is 46.9 Å². The molecule has 2 fully saturated rings. The maximum Gasteiger partial charge on any atom is 0.325 e. The van der Waals surface area contributed by atoms with E-state index in [-0.39, 0.29) is 31.5 Å². The zero-order chi connectivity index (χ0) is 32.9. The number of nitrogens with zero attached hydrogens (tertiary/aromatic N) is 4.